The van der Waals surface area contributed by atoms with Crippen LogP contribution >= 0.6 is 0 Å². The summed E-state index contributed by atoms with van der Waals surface area (Å²) in [5.74, 6) is -4.04. The van der Waals surface area contributed by atoms with Gasteiger partial charge in [0.1, 0.15) is 18.1 Å². The molecule has 33 heavy (non-hydrogen) atoms. The molecule has 1 fully saturated rings. The average Bonchev–Trinajstić information content (AvgIpc) is 3.25. The third-order valence-corrected chi connectivity index (χ3v) is 5.94. The Morgan fingerprint density at radius 1 is 1.15 bits per heavy atom. The first-order chi connectivity index (χ1) is 15.5. The maximum absolute atomic E-state index is 13.4. The molecular weight excluding hydrogens is 432 g/mol. The lowest BCUT2D eigenvalue weighted by Crippen LogP contribution is -2.58. The largest absolute Gasteiger partial charge is 0.480 e. The molecule has 1 aliphatic rings. The lowest BCUT2D eigenvalue weighted by molar-refractivity contribution is -0.146. The summed E-state index contributed by atoms with van der Waals surface area (Å²) >= 11 is 0. The number of carbonyl (C=O) groups excluding carboxylic acids is 4. The third kappa shape index (κ3) is 8.61. The average molecular weight is 471 g/mol. The number of primary amides is 1. The molecular formula is C21H38N6O6. The molecule has 1 saturated heterocycles. The molecule has 5 unspecified atom stereocenters. The Bertz CT molecular complexity index is 717. The summed E-state index contributed by atoms with van der Waals surface area (Å²) in [6.45, 7) is 4.49. The molecule has 5 atom stereocenters. The fraction of sp³-hybridized carbons (Fsp3) is 0.762. The number of unbranched alkanes of at least 4 members (excludes halogenated alkanes) is 1. The van der Waals surface area contributed by atoms with E-state index in [1.165, 1.54) is 4.90 Å². The molecule has 4 amide bonds. The van der Waals surface area contributed by atoms with Crippen molar-refractivity contribution in [2.75, 3.05) is 13.1 Å². The number of carbonyl (C=O) groups is 5. The maximum atomic E-state index is 13.4. The number of aliphatic carboxylic acids is 1. The number of carboxylic acids is 1. The SMILES string of the molecule is CCC(C)C(NC(=O)C(N)CCCCN)C(=O)N1CCCC1C(=O)NC(CC(N)=O)C(=O)O. The van der Waals surface area contributed by atoms with Crippen molar-refractivity contribution in [1.29, 1.82) is 0 Å². The van der Waals surface area contributed by atoms with Crippen molar-refractivity contribution in [3.63, 3.8) is 0 Å². The summed E-state index contributed by atoms with van der Waals surface area (Å²) in [6, 6.07) is -4.05. The molecule has 9 N–H and O–H groups in total. The van der Waals surface area contributed by atoms with Gasteiger partial charge < -0.3 is 37.8 Å². The summed E-state index contributed by atoms with van der Waals surface area (Å²) in [5.41, 5.74) is 16.5. The van der Waals surface area contributed by atoms with E-state index < -0.39 is 60.2 Å². The number of likely N-dealkylation sites (tertiary alicyclic amines) is 1. The van der Waals surface area contributed by atoms with E-state index in [9.17, 15) is 29.1 Å². The fourth-order valence-electron chi connectivity index (χ4n) is 3.73. The van der Waals surface area contributed by atoms with Crippen molar-refractivity contribution in [3.05, 3.63) is 0 Å². The predicted octanol–water partition coefficient (Wildman–Crippen LogP) is -1.59. The number of hydrogen-bond donors (Lipinski definition) is 6. The summed E-state index contributed by atoms with van der Waals surface area (Å²) in [5, 5.41) is 14.3. The first kappa shape index (κ1) is 28.3. The summed E-state index contributed by atoms with van der Waals surface area (Å²) in [6.07, 6.45) is 2.79. The topological polar surface area (TPSA) is 211 Å². The summed E-state index contributed by atoms with van der Waals surface area (Å²) < 4.78 is 0. The monoisotopic (exact) mass is 470 g/mol. The highest BCUT2D eigenvalue weighted by atomic mass is 16.4. The van der Waals surface area contributed by atoms with Crippen LogP contribution in [0, 0.1) is 5.92 Å². The maximum Gasteiger partial charge on any atom is 0.326 e. The summed E-state index contributed by atoms with van der Waals surface area (Å²) in [7, 11) is 0. The second kappa shape index (κ2) is 13.7. The normalized spacial score (nSPS) is 19.3. The van der Waals surface area contributed by atoms with Gasteiger partial charge in [0.2, 0.25) is 23.6 Å². The Morgan fingerprint density at radius 3 is 2.36 bits per heavy atom. The van der Waals surface area contributed by atoms with Gasteiger partial charge >= 0.3 is 5.97 Å². The zero-order chi connectivity index (χ0) is 25.1. The highest BCUT2D eigenvalue weighted by molar-refractivity contribution is 5.95. The third-order valence-electron chi connectivity index (χ3n) is 5.94. The molecule has 0 bridgehead atoms. The van der Waals surface area contributed by atoms with E-state index in [0.29, 0.717) is 38.6 Å². The second-order valence-electron chi connectivity index (χ2n) is 8.52. The van der Waals surface area contributed by atoms with Crippen molar-refractivity contribution >= 4 is 29.6 Å². The standard InChI is InChI=1S/C21H38N6O6/c1-3-12(2)17(26-18(29)13(23)7-4-5-9-22)20(31)27-10-6-8-15(27)19(30)25-14(21(32)33)11-16(24)28/h12-15,17H,3-11,22-23H2,1-2H3,(H2,24,28)(H,25,30)(H,26,29)(H,32,33). The van der Waals surface area contributed by atoms with Gasteiger partial charge in [-0.1, -0.05) is 26.7 Å². The highest BCUT2D eigenvalue weighted by Crippen LogP contribution is 2.22. The van der Waals surface area contributed by atoms with Gasteiger partial charge in [-0.05, 0) is 38.1 Å². The molecule has 12 nitrogen and oxygen atoms in total. The minimum absolute atomic E-state index is 0.219. The number of rotatable bonds is 14. The Labute approximate surface area is 194 Å². The molecule has 1 rings (SSSR count). The van der Waals surface area contributed by atoms with Gasteiger partial charge in [-0.2, -0.15) is 0 Å². The number of carboxylic acid groups (broad SMARTS) is 1. The second-order valence-corrected chi connectivity index (χ2v) is 8.52. The van der Waals surface area contributed by atoms with E-state index in [2.05, 4.69) is 10.6 Å². The van der Waals surface area contributed by atoms with E-state index in [0.717, 1.165) is 6.42 Å². The molecule has 0 spiro atoms. The molecule has 0 aromatic carbocycles. The lowest BCUT2D eigenvalue weighted by atomic mass is 9.96. The molecule has 0 aromatic heterocycles. The number of nitrogens with zero attached hydrogens (tertiary/aromatic N) is 1. The van der Waals surface area contributed by atoms with Gasteiger partial charge in [0, 0.05) is 6.54 Å². The van der Waals surface area contributed by atoms with Crippen LogP contribution in [-0.4, -0.2) is 76.9 Å². The van der Waals surface area contributed by atoms with Crippen LogP contribution in [-0.2, 0) is 24.0 Å². The number of hydrogen-bond acceptors (Lipinski definition) is 7. The van der Waals surface area contributed by atoms with E-state index >= 15 is 0 Å². The van der Waals surface area contributed by atoms with Crippen LogP contribution in [0.15, 0.2) is 0 Å². The molecule has 0 saturated carbocycles. The quantitative estimate of drug-likeness (QED) is 0.162. The Morgan fingerprint density at radius 2 is 1.82 bits per heavy atom. The zero-order valence-corrected chi connectivity index (χ0v) is 19.4. The van der Waals surface area contributed by atoms with Crippen LogP contribution in [0.25, 0.3) is 0 Å². The summed E-state index contributed by atoms with van der Waals surface area (Å²) in [4.78, 5) is 62.5. The van der Waals surface area contributed by atoms with Crippen molar-refractivity contribution in [1.82, 2.24) is 15.5 Å². The number of nitrogens with two attached hydrogens (primary N) is 3. The minimum atomic E-state index is -1.48. The Balaban J connectivity index is 2.93. The fourth-order valence-corrected chi connectivity index (χ4v) is 3.73. The lowest BCUT2D eigenvalue weighted by Gasteiger charge is -2.32. The number of amides is 4. The van der Waals surface area contributed by atoms with Gasteiger partial charge in [0.25, 0.3) is 0 Å². The molecule has 1 heterocycles. The van der Waals surface area contributed by atoms with E-state index in [-0.39, 0.29) is 12.5 Å². The Kier molecular flexibility index (Phi) is 11.8. The molecule has 0 aliphatic carbocycles. The van der Waals surface area contributed by atoms with Crippen molar-refractivity contribution in [2.24, 2.45) is 23.1 Å². The van der Waals surface area contributed by atoms with Crippen LogP contribution in [0.3, 0.4) is 0 Å². The van der Waals surface area contributed by atoms with Crippen LogP contribution in [0.4, 0.5) is 0 Å². The van der Waals surface area contributed by atoms with Crippen LogP contribution < -0.4 is 27.8 Å². The van der Waals surface area contributed by atoms with Crippen molar-refractivity contribution in [3.8, 4) is 0 Å². The van der Waals surface area contributed by atoms with E-state index in [1.807, 2.05) is 13.8 Å². The van der Waals surface area contributed by atoms with Crippen LogP contribution in [0.1, 0.15) is 58.8 Å². The van der Waals surface area contributed by atoms with Crippen LogP contribution in [0.2, 0.25) is 0 Å². The number of nitrogens with one attached hydrogen (secondary N) is 2. The smallest absolute Gasteiger partial charge is 0.326 e. The van der Waals surface area contributed by atoms with Crippen molar-refractivity contribution in [2.45, 2.75) is 83.0 Å². The molecule has 0 aromatic rings. The van der Waals surface area contributed by atoms with Gasteiger partial charge in [-0.15, -0.1) is 0 Å². The molecule has 12 heteroatoms. The van der Waals surface area contributed by atoms with Gasteiger partial charge in [-0.25, -0.2) is 4.79 Å². The molecule has 0 radical (unpaired) electrons. The van der Waals surface area contributed by atoms with Gasteiger partial charge in [0.05, 0.1) is 12.5 Å². The molecule has 188 valence electrons. The van der Waals surface area contributed by atoms with Gasteiger partial charge in [0.15, 0.2) is 0 Å². The van der Waals surface area contributed by atoms with E-state index in [1.54, 1.807) is 0 Å². The van der Waals surface area contributed by atoms with Gasteiger partial charge in [-0.3, -0.25) is 19.2 Å². The van der Waals surface area contributed by atoms with E-state index in [4.69, 9.17) is 17.2 Å². The first-order valence-electron chi connectivity index (χ1n) is 11.4. The zero-order valence-electron chi connectivity index (χ0n) is 19.4. The minimum Gasteiger partial charge on any atom is -0.480 e. The van der Waals surface area contributed by atoms with Crippen molar-refractivity contribution < 1.29 is 29.1 Å². The first-order valence-corrected chi connectivity index (χ1v) is 11.4. The van der Waals surface area contributed by atoms with Crippen LogP contribution in [0.5, 0.6) is 0 Å². The predicted molar refractivity (Wildman–Crippen MR) is 120 cm³/mol. The highest BCUT2D eigenvalue weighted by Gasteiger charge is 2.40. The molecule has 1 aliphatic heterocycles. The Hall–Kier alpha value is -2.73.